The van der Waals surface area contributed by atoms with Gasteiger partial charge in [-0.15, -0.1) is 0 Å². The number of amides is 1. The summed E-state index contributed by atoms with van der Waals surface area (Å²) in [5.41, 5.74) is 1.01. The number of hydrogen-bond donors (Lipinski definition) is 1. The van der Waals surface area contributed by atoms with Crippen molar-refractivity contribution in [1.82, 2.24) is 14.9 Å². The van der Waals surface area contributed by atoms with E-state index in [0.29, 0.717) is 18.2 Å². The summed E-state index contributed by atoms with van der Waals surface area (Å²) in [5.74, 6) is -0.0430. The van der Waals surface area contributed by atoms with E-state index in [9.17, 15) is 9.59 Å². The van der Waals surface area contributed by atoms with Crippen molar-refractivity contribution in [3.8, 4) is 17.5 Å². The first-order chi connectivity index (χ1) is 19.0. The van der Waals surface area contributed by atoms with E-state index in [4.69, 9.17) is 18.9 Å². The zero-order valence-electron chi connectivity index (χ0n) is 24.4. The number of likely N-dealkylation sites (tertiary alicyclic amines) is 1. The third kappa shape index (κ3) is 6.56. The van der Waals surface area contributed by atoms with Crippen LogP contribution in [0.1, 0.15) is 18.9 Å². The molecule has 216 valence electrons. The molecule has 2 aliphatic rings. The maximum Gasteiger partial charge on any atom is 0.289 e. The van der Waals surface area contributed by atoms with Crippen LogP contribution >= 0.6 is 0 Å². The summed E-state index contributed by atoms with van der Waals surface area (Å²) < 4.78 is 22.5. The lowest BCUT2D eigenvalue weighted by Crippen LogP contribution is -2.43. The number of anilines is 2. The van der Waals surface area contributed by atoms with Crippen molar-refractivity contribution in [3.05, 3.63) is 35.8 Å². The smallest absolute Gasteiger partial charge is 0.289 e. The number of likely N-dealkylation sites (N-methyl/N-ethyl adjacent to an activating group) is 1. The minimum absolute atomic E-state index is 0.0349. The van der Waals surface area contributed by atoms with E-state index < -0.39 is 25.9 Å². The Morgan fingerprint density at radius 3 is 2.40 bits per heavy atom. The molecule has 0 spiro atoms. The molecule has 1 aromatic carbocycles. The van der Waals surface area contributed by atoms with Gasteiger partial charge in [0.15, 0.2) is 5.69 Å². The van der Waals surface area contributed by atoms with Crippen LogP contribution in [0.4, 0.5) is 11.6 Å². The van der Waals surface area contributed by atoms with E-state index in [2.05, 4.69) is 45.9 Å². The predicted octanol–water partition coefficient (Wildman–Crippen LogP) is 2.71. The summed E-state index contributed by atoms with van der Waals surface area (Å²) in [4.78, 5) is 39.3. The van der Waals surface area contributed by atoms with Gasteiger partial charge < -0.3 is 34.1 Å². The minimum Gasteiger partial charge on any atom is -0.479 e. The molecule has 2 aliphatic heterocycles. The number of carbonyl (C=O) groups is 2. The minimum atomic E-state index is -1.58. The number of carbonyl (C=O) groups excluding carboxylic acids is 2. The summed E-state index contributed by atoms with van der Waals surface area (Å²) >= 11 is 0. The van der Waals surface area contributed by atoms with Crippen LogP contribution in [-0.4, -0.2) is 87.7 Å². The van der Waals surface area contributed by atoms with E-state index in [1.165, 1.54) is 31.9 Å². The van der Waals surface area contributed by atoms with E-state index in [-0.39, 0.29) is 23.4 Å². The highest BCUT2D eigenvalue weighted by molar-refractivity contribution is 6.88. The van der Waals surface area contributed by atoms with E-state index in [1.54, 1.807) is 0 Å². The monoisotopic (exact) mass is 569 g/mol. The first-order valence-electron chi connectivity index (χ1n) is 13.5. The number of nitrogens with one attached hydrogen (secondary N) is 1. The molecule has 11 nitrogen and oxygen atoms in total. The topological polar surface area (TPSA) is 115 Å². The Labute approximate surface area is 236 Å². The van der Waals surface area contributed by atoms with E-state index in [0.717, 1.165) is 31.7 Å². The maximum atomic E-state index is 13.2. The van der Waals surface area contributed by atoms with Crippen LogP contribution in [-0.2, 0) is 14.3 Å². The molecule has 0 bridgehead atoms. The summed E-state index contributed by atoms with van der Waals surface area (Å²) in [7, 11) is 1.30. The van der Waals surface area contributed by atoms with Gasteiger partial charge in [-0.3, -0.25) is 9.59 Å². The number of rotatable bonds is 12. The summed E-state index contributed by atoms with van der Waals surface area (Å²) in [5, 5.41) is 3.87. The molecule has 1 amide bonds. The number of methoxy groups -OCH3 is 2. The lowest BCUT2D eigenvalue weighted by atomic mass is 10.2. The Hall–Kier alpha value is -3.64. The summed E-state index contributed by atoms with van der Waals surface area (Å²) in [6, 6.07) is 6.05. The standard InChI is InChI=1S/C28H39N5O6Si/c1-8-33(15-14-32-12-9-13-32)28-30-26(36-3)23(27(31-28)37-4)29-25(35)24-20(34)17-22(39-24)38-21-16-19(40(5,6)7)11-10-18(21)2/h10-11,16-17,24H,8-9,12-15H2,1-7H3,(H,29,35). The van der Waals surface area contributed by atoms with E-state index >= 15 is 0 Å². The molecular formula is C28H39N5O6Si. The number of aryl methyl sites for hydroxylation is 1. The van der Waals surface area contributed by atoms with Gasteiger partial charge in [-0.05, 0) is 45.0 Å². The number of ether oxygens (including phenoxy) is 4. The van der Waals surface area contributed by atoms with Gasteiger partial charge >= 0.3 is 0 Å². The second kappa shape index (κ2) is 12.3. The van der Waals surface area contributed by atoms with Crippen molar-refractivity contribution in [2.45, 2.75) is 46.0 Å². The Balaban J connectivity index is 1.47. The second-order valence-electron chi connectivity index (χ2n) is 10.9. The van der Waals surface area contributed by atoms with Crippen molar-refractivity contribution in [1.29, 1.82) is 0 Å². The lowest BCUT2D eigenvalue weighted by molar-refractivity contribution is -0.134. The summed E-state index contributed by atoms with van der Waals surface area (Å²) in [6.45, 7) is 15.2. The number of nitrogens with zero attached hydrogens (tertiary/aromatic N) is 4. The van der Waals surface area contributed by atoms with Crippen LogP contribution in [0.25, 0.3) is 0 Å². The fourth-order valence-corrected chi connectivity index (χ4v) is 5.48. The third-order valence-electron chi connectivity index (χ3n) is 7.02. The normalized spacial score (nSPS) is 17.0. The Morgan fingerprint density at radius 1 is 1.18 bits per heavy atom. The van der Waals surface area contributed by atoms with E-state index in [1.807, 2.05) is 30.9 Å². The number of benzene rings is 1. The molecule has 2 aromatic rings. The molecule has 4 rings (SSSR count). The van der Waals surface area contributed by atoms with Crippen LogP contribution < -0.4 is 29.6 Å². The van der Waals surface area contributed by atoms with Crippen molar-refractivity contribution < 1.29 is 28.5 Å². The second-order valence-corrected chi connectivity index (χ2v) is 16.0. The van der Waals surface area contributed by atoms with Crippen molar-refractivity contribution in [2.75, 3.05) is 57.2 Å². The first-order valence-corrected chi connectivity index (χ1v) is 17.0. The van der Waals surface area contributed by atoms with Crippen molar-refractivity contribution >= 4 is 36.6 Å². The van der Waals surface area contributed by atoms with Crippen molar-refractivity contribution in [3.63, 3.8) is 0 Å². The molecule has 3 heterocycles. The zero-order valence-corrected chi connectivity index (χ0v) is 25.4. The Morgan fingerprint density at radius 2 is 1.85 bits per heavy atom. The molecule has 1 aromatic heterocycles. The Bertz CT molecular complexity index is 1270. The van der Waals surface area contributed by atoms with Gasteiger partial charge in [0.25, 0.3) is 11.9 Å². The number of ketones is 1. The molecule has 1 N–H and O–H groups in total. The van der Waals surface area contributed by atoms with Gasteiger partial charge in [0.05, 0.1) is 28.4 Å². The van der Waals surface area contributed by atoms with Gasteiger partial charge in [-0.1, -0.05) is 37.0 Å². The first kappa shape index (κ1) is 29.3. The third-order valence-corrected chi connectivity index (χ3v) is 9.06. The maximum absolute atomic E-state index is 13.2. The molecule has 1 unspecified atom stereocenters. The van der Waals surface area contributed by atoms with Gasteiger partial charge in [0, 0.05) is 19.6 Å². The highest BCUT2D eigenvalue weighted by atomic mass is 28.3. The summed E-state index contributed by atoms with van der Waals surface area (Å²) in [6.07, 6.45) is 0.977. The number of hydrogen-bond acceptors (Lipinski definition) is 10. The van der Waals surface area contributed by atoms with Gasteiger partial charge in [-0.25, -0.2) is 0 Å². The molecule has 1 saturated heterocycles. The van der Waals surface area contributed by atoms with Crippen LogP contribution in [0.15, 0.2) is 30.2 Å². The van der Waals surface area contributed by atoms with Gasteiger partial charge in [0.2, 0.25) is 29.6 Å². The highest BCUT2D eigenvalue weighted by Gasteiger charge is 2.37. The predicted molar refractivity (Wildman–Crippen MR) is 155 cm³/mol. The zero-order chi connectivity index (χ0) is 29.0. The molecule has 1 atom stereocenters. The average molecular weight is 570 g/mol. The largest absolute Gasteiger partial charge is 0.479 e. The average Bonchev–Trinajstić information content (AvgIpc) is 3.26. The van der Waals surface area contributed by atoms with Gasteiger partial charge in [-0.2, -0.15) is 9.97 Å². The quantitative estimate of drug-likeness (QED) is 0.302. The molecule has 1 fully saturated rings. The number of aromatic nitrogens is 2. The molecule has 0 radical (unpaired) electrons. The van der Waals surface area contributed by atoms with Gasteiger partial charge in [0.1, 0.15) is 5.75 Å². The van der Waals surface area contributed by atoms with Crippen LogP contribution in [0, 0.1) is 6.92 Å². The molecule has 0 aliphatic carbocycles. The lowest BCUT2D eigenvalue weighted by Gasteiger charge is -2.33. The molecular weight excluding hydrogens is 530 g/mol. The van der Waals surface area contributed by atoms with Crippen LogP contribution in [0.5, 0.6) is 17.5 Å². The van der Waals surface area contributed by atoms with Crippen molar-refractivity contribution in [2.24, 2.45) is 0 Å². The fraction of sp³-hybridized carbons (Fsp3) is 0.500. The SMILES string of the molecule is CCN(CCN1CCC1)c1nc(OC)c(NC(=O)C2OC(Oc3cc([Si](C)(C)C)ccc3C)=CC2=O)c(OC)n1. The highest BCUT2D eigenvalue weighted by Crippen LogP contribution is 2.34. The van der Waals surface area contributed by atoms with Crippen LogP contribution in [0.3, 0.4) is 0 Å². The molecule has 0 saturated carbocycles. The Kier molecular flexibility index (Phi) is 8.99. The molecule has 12 heteroatoms. The molecule has 40 heavy (non-hydrogen) atoms. The fourth-order valence-electron chi connectivity index (χ4n) is 4.33. The van der Waals surface area contributed by atoms with Crippen LogP contribution in [0.2, 0.25) is 19.6 Å².